The van der Waals surface area contributed by atoms with E-state index in [0.717, 1.165) is 23.4 Å². The Bertz CT molecular complexity index is 1120. The molecule has 1 fully saturated rings. The second-order valence-electron chi connectivity index (χ2n) is 8.54. The van der Waals surface area contributed by atoms with Crippen LogP contribution in [0.1, 0.15) is 34.5 Å². The predicted octanol–water partition coefficient (Wildman–Crippen LogP) is 4.26. The number of rotatable bonds is 6. The van der Waals surface area contributed by atoms with E-state index in [1.165, 1.54) is 0 Å². The van der Waals surface area contributed by atoms with E-state index in [9.17, 15) is 9.90 Å². The smallest absolute Gasteiger partial charge is 0.248 e. The van der Waals surface area contributed by atoms with Crippen LogP contribution in [0.5, 0.6) is 0 Å². The van der Waals surface area contributed by atoms with E-state index in [-0.39, 0.29) is 6.04 Å². The van der Waals surface area contributed by atoms with E-state index in [4.69, 9.17) is 28.9 Å². The van der Waals surface area contributed by atoms with Crippen LogP contribution in [0, 0.1) is 0 Å². The Hall–Kier alpha value is -2.64. The number of carbonyl (C=O) groups excluding carboxylic acids is 1. The van der Waals surface area contributed by atoms with Crippen LogP contribution in [0.2, 0.25) is 10.0 Å². The van der Waals surface area contributed by atoms with Gasteiger partial charge in [-0.15, -0.1) is 0 Å². The molecule has 3 aromatic rings. The van der Waals surface area contributed by atoms with Crippen LogP contribution in [0.3, 0.4) is 0 Å². The number of β-amino-alcohol motifs (C(OH)–C–C–N with tert-alkyl or cyclic N) is 1. The van der Waals surface area contributed by atoms with Crippen molar-refractivity contribution in [3.8, 4) is 0 Å². The van der Waals surface area contributed by atoms with E-state index in [1.807, 2.05) is 49.4 Å². The zero-order valence-electron chi connectivity index (χ0n) is 18.3. The molecule has 0 radical (unpaired) electrons. The first-order valence-electron chi connectivity index (χ1n) is 10.7. The van der Waals surface area contributed by atoms with Crippen molar-refractivity contribution in [2.75, 3.05) is 31.1 Å². The Kier molecular flexibility index (Phi) is 6.91. The number of benzene rings is 2. The van der Waals surface area contributed by atoms with Gasteiger partial charge < -0.3 is 15.7 Å². The molecule has 1 saturated heterocycles. The Labute approximate surface area is 203 Å². The number of halogens is 2. The first-order chi connectivity index (χ1) is 15.7. The molecule has 0 spiro atoms. The van der Waals surface area contributed by atoms with Gasteiger partial charge in [0.25, 0.3) is 0 Å². The fourth-order valence-corrected chi connectivity index (χ4v) is 4.76. The third-order valence-electron chi connectivity index (χ3n) is 6.08. The summed E-state index contributed by atoms with van der Waals surface area (Å²) in [7, 11) is 0. The highest BCUT2D eigenvalue weighted by Crippen LogP contribution is 2.37. The number of aromatic nitrogens is 1. The highest BCUT2D eigenvalue weighted by atomic mass is 35.5. The van der Waals surface area contributed by atoms with Gasteiger partial charge in [0.05, 0.1) is 16.8 Å². The summed E-state index contributed by atoms with van der Waals surface area (Å²) in [6, 6.07) is 16.6. The Morgan fingerprint density at radius 2 is 1.94 bits per heavy atom. The molecule has 1 aliphatic rings. The van der Waals surface area contributed by atoms with Crippen LogP contribution in [0.15, 0.2) is 67.0 Å². The van der Waals surface area contributed by atoms with Crippen molar-refractivity contribution in [2.24, 2.45) is 5.73 Å². The minimum Gasteiger partial charge on any atom is -0.384 e. The van der Waals surface area contributed by atoms with Gasteiger partial charge in [-0.3, -0.25) is 14.7 Å². The van der Waals surface area contributed by atoms with Crippen LogP contribution in [-0.2, 0) is 5.60 Å². The number of pyridine rings is 1. The summed E-state index contributed by atoms with van der Waals surface area (Å²) in [5.41, 5.74) is 7.44. The molecule has 1 amide bonds. The summed E-state index contributed by atoms with van der Waals surface area (Å²) in [6.45, 7) is 4.37. The van der Waals surface area contributed by atoms with E-state index in [2.05, 4.69) is 14.8 Å². The van der Waals surface area contributed by atoms with Crippen LogP contribution in [-0.4, -0.2) is 47.1 Å². The van der Waals surface area contributed by atoms with Gasteiger partial charge in [0.2, 0.25) is 5.91 Å². The fraction of sp³-hybridized carbons (Fsp3) is 0.280. The molecule has 4 rings (SSSR count). The number of nitrogens with two attached hydrogens (primary N) is 1. The highest BCUT2D eigenvalue weighted by molar-refractivity contribution is 6.33. The lowest BCUT2D eigenvalue weighted by atomic mass is 9.95. The van der Waals surface area contributed by atoms with Gasteiger partial charge in [-0.2, -0.15) is 0 Å². The summed E-state index contributed by atoms with van der Waals surface area (Å²) >= 11 is 12.7. The minimum atomic E-state index is -1.04. The molecule has 1 aliphatic heterocycles. The molecule has 33 heavy (non-hydrogen) atoms. The third-order valence-corrected chi connectivity index (χ3v) is 6.63. The number of anilines is 1. The van der Waals surface area contributed by atoms with Crippen LogP contribution < -0.4 is 10.6 Å². The van der Waals surface area contributed by atoms with E-state index < -0.39 is 11.5 Å². The van der Waals surface area contributed by atoms with Crippen LogP contribution in [0.4, 0.5) is 5.69 Å². The summed E-state index contributed by atoms with van der Waals surface area (Å²) in [5, 5.41) is 12.3. The molecule has 0 aliphatic carbocycles. The molecule has 2 aromatic carbocycles. The molecule has 3 N–H and O–H groups in total. The first kappa shape index (κ1) is 23.5. The summed E-state index contributed by atoms with van der Waals surface area (Å²) in [5.74, 6) is -0.514. The molecule has 172 valence electrons. The van der Waals surface area contributed by atoms with Gasteiger partial charge in [-0.1, -0.05) is 41.4 Å². The Balaban J connectivity index is 1.63. The number of carbonyl (C=O) groups is 1. The topological polar surface area (TPSA) is 82.7 Å². The quantitative estimate of drug-likeness (QED) is 0.546. The van der Waals surface area contributed by atoms with Gasteiger partial charge >= 0.3 is 0 Å². The average molecular weight is 485 g/mol. The lowest BCUT2D eigenvalue weighted by Gasteiger charge is -2.45. The van der Waals surface area contributed by atoms with Crippen molar-refractivity contribution in [2.45, 2.75) is 18.6 Å². The Morgan fingerprint density at radius 3 is 2.58 bits per heavy atom. The van der Waals surface area contributed by atoms with E-state index in [0.29, 0.717) is 35.2 Å². The lowest BCUT2D eigenvalue weighted by molar-refractivity contribution is 0.0100. The number of piperazine rings is 1. The summed E-state index contributed by atoms with van der Waals surface area (Å²) in [6.07, 6.45) is 3.40. The molecule has 8 heteroatoms. The second kappa shape index (κ2) is 9.69. The molecule has 0 saturated carbocycles. The predicted molar refractivity (Wildman–Crippen MR) is 132 cm³/mol. The maximum atomic E-state index is 11.6. The Morgan fingerprint density at radius 1 is 1.18 bits per heavy atom. The SMILES string of the molecule is C[C@@](O)(CN1CCN(c2ccc(C(N)=O)cc2Cl)[C@H](c2ccc(Cl)cc2)C1)c1cccnc1. The largest absolute Gasteiger partial charge is 0.384 e. The maximum absolute atomic E-state index is 11.6. The molecular weight excluding hydrogens is 459 g/mol. The van der Waals surface area contributed by atoms with Crippen molar-refractivity contribution >= 4 is 34.8 Å². The van der Waals surface area contributed by atoms with E-state index >= 15 is 0 Å². The average Bonchev–Trinajstić information content (AvgIpc) is 2.80. The second-order valence-corrected chi connectivity index (χ2v) is 9.39. The van der Waals surface area contributed by atoms with Crippen molar-refractivity contribution < 1.29 is 9.90 Å². The van der Waals surface area contributed by atoms with Gasteiger partial charge in [0.1, 0.15) is 5.60 Å². The van der Waals surface area contributed by atoms with Crippen molar-refractivity contribution in [3.63, 3.8) is 0 Å². The molecule has 1 aromatic heterocycles. The fourth-order valence-electron chi connectivity index (χ4n) is 4.34. The molecule has 0 unspecified atom stereocenters. The van der Waals surface area contributed by atoms with Gasteiger partial charge in [-0.25, -0.2) is 0 Å². The number of amides is 1. The summed E-state index contributed by atoms with van der Waals surface area (Å²) < 4.78 is 0. The molecule has 2 heterocycles. The molecule has 6 nitrogen and oxygen atoms in total. The maximum Gasteiger partial charge on any atom is 0.248 e. The van der Waals surface area contributed by atoms with Crippen molar-refractivity contribution in [1.82, 2.24) is 9.88 Å². The van der Waals surface area contributed by atoms with E-state index in [1.54, 1.807) is 24.5 Å². The molecule has 2 atom stereocenters. The molecular formula is C25H26Cl2N4O2. The number of hydrogen-bond acceptors (Lipinski definition) is 5. The first-order valence-corrected chi connectivity index (χ1v) is 11.5. The minimum absolute atomic E-state index is 0.0300. The highest BCUT2D eigenvalue weighted by Gasteiger charge is 2.34. The standard InChI is InChI=1S/C25H26Cl2N4O2/c1-25(33,19-3-2-10-29-14-19)16-30-11-12-31(22-9-6-18(24(28)32)13-21(22)27)23(15-30)17-4-7-20(26)8-5-17/h2-10,13-14,23,33H,11-12,15-16H2,1H3,(H2,28,32)/t23-,25+/m0/s1. The van der Waals surface area contributed by atoms with Gasteiger partial charge in [0, 0.05) is 54.7 Å². The lowest BCUT2D eigenvalue weighted by Crippen LogP contribution is -2.52. The number of hydrogen-bond donors (Lipinski definition) is 2. The van der Waals surface area contributed by atoms with Crippen molar-refractivity contribution in [1.29, 1.82) is 0 Å². The molecule has 0 bridgehead atoms. The zero-order valence-corrected chi connectivity index (χ0v) is 19.8. The van der Waals surface area contributed by atoms with Gasteiger partial charge in [-0.05, 0) is 48.9 Å². The monoisotopic (exact) mass is 484 g/mol. The number of nitrogens with zero attached hydrogens (tertiary/aromatic N) is 3. The van der Waals surface area contributed by atoms with Gasteiger partial charge in [0.15, 0.2) is 0 Å². The summed E-state index contributed by atoms with van der Waals surface area (Å²) in [4.78, 5) is 20.2. The number of aliphatic hydroxyl groups is 1. The number of primary amides is 1. The normalized spacial score (nSPS) is 18.7. The zero-order chi connectivity index (χ0) is 23.6. The van der Waals surface area contributed by atoms with Crippen LogP contribution in [0.25, 0.3) is 0 Å². The third kappa shape index (κ3) is 5.31. The van der Waals surface area contributed by atoms with Crippen LogP contribution >= 0.6 is 23.2 Å². The van der Waals surface area contributed by atoms with Crippen molar-refractivity contribution in [3.05, 3.63) is 93.7 Å².